The van der Waals surface area contributed by atoms with Crippen LogP contribution in [-0.4, -0.2) is 69.9 Å². The van der Waals surface area contributed by atoms with Crippen molar-refractivity contribution in [1.82, 2.24) is 15.5 Å². The van der Waals surface area contributed by atoms with Crippen molar-refractivity contribution in [3.8, 4) is 0 Å². The SMILES string of the molecule is C=C(/C=C\C=N/C)[C@H](CC(=O)NC[C@H](Cc1ccc(C(=O)NC)cc1C)N(C)C)C1(C(F)(F)F)CC1. The molecule has 0 radical (unpaired) electrons. The summed E-state index contributed by atoms with van der Waals surface area (Å²) in [4.78, 5) is 30.5. The van der Waals surface area contributed by atoms with E-state index >= 15 is 0 Å². The molecule has 36 heavy (non-hydrogen) atoms. The fourth-order valence-electron chi connectivity index (χ4n) is 4.41. The average Bonchev–Trinajstić information content (AvgIpc) is 3.62. The van der Waals surface area contributed by atoms with Crippen LogP contribution in [0.5, 0.6) is 0 Å². The first-order chi connectivity index (χ1) is 16.9. The van der Waals surface area contributed by atoms with Gasteiger partial charge in [-0.15, -0.1) is 0 Å². The lowest BCUT2D eigenvalue weighted by atomic mass is 9.80. The summed E-state index contributed by atoms with van der Waals surface area (Å²) in [7, 11) is 6.91. The molecule has 2 atom stereocenters. The summed E-state index contributed by atoms with van der Waals surface area (Å²) in [5.74, 6) is -1.63. The van der Waals surface area contributed by atoms with E-state index in [1.165, 1.54) is 12.3 Å². The summed E-state index contributed by atoms with van der Waals surface area (Å²) in [6.07, 6.45) is 0.424. The van der Waals surface area contributed by atoms with Crippen molar-refractivity contribution in [3.63, 3.8) is 0 Å². The first-order valence-electron chi connectivity index (χ1n) is 12.0. The van der Waals surface area contributed by atoms with E-state index in [4.69, 9.17) is 0 Å². The number of amides is 2. The van der Waals surface area contributed by atoms with Gasteiger partial charge in [-0.2, -0.15) is 13.2 Å². The zero-order valence-electron chi connectivity index (χ0n) is 21.7. The molecule has 0 bridgehead atoms. The lowest BCUT2D eigenvalue weighted by Crippen LogP contribution is -2.43. The van der Waals surface area contributed by atoms with Gasteiger partial charge in [0.1, 0.15) is 0 Å². The molecule has 1 saturated carbocycles. The van der Waals surface area contributed by atoms with Crippen molar-refractivity contribution in [2.45, 2.75) is 44.8 Å². The van der Waals surface area contributed by atoms with Gasteiger partial charge in [-0.25, -0.2) is 0 Å². The van der Waals surface area contributed by atoms with Crippen molar-refractivity contribution in [2.24, 2.45) is 16.3 Å². The van der Waals surface area contributed by atoms with E-state index in [0.717, 1.165) is 11.1 Å². The Labute approximate surface area is 211 Å². The first kappa shape index (κ1) is 29.3. The number of hydrogen-bond donors (Lipinski definition) is 2. The van der Waals surface area contributed by atoms with Gasteiger partial charge < -0.3 is 15.5 Å². The minimum atomic E-state index is -4.40. The summed E-state index contributed by atoms with van der Waals surface area (Å²) in [5.41, 5.74) is 0.917. The zero-order chi connectivity index (χ0) is 27.1. The monoisotopic (exact) mass is 506 g/mol. The number of halogens is 3. The third-order valence-corrected chi connectivity index (χ3v) is 6.96. The first-order valence-corrected chi connectivity index (χ1v) is 12.0. The Morgan fingerprint density at radius 3 is 2.44 bits per heavy atom. The lowest BCUT2D eigenvalue weighted by molar-refractivity contribution is -0.199. The molecule has 0 unspecified atom stereocenters. The molecule has 6 nitrogen and oxygen atoms in total. The number of aryl methyl sites for hydroxylation is 1. The van der Waals surface area contributed by atoms with Crippen LogP contribution in [0.2, 0.25) is 0 Å². The van der Waals surface area contributed by atoms with Gasteiger partial charge in [-0.3, -0.25) is 14.6 Å². The van der Waals surface area contributed by atoms with E-state index < -0.39 is 23.4 Å². The molecule has 1 aliphatic carbocycles. The second-order valence-corrected chi connectivity index (χ2v) is 9.60. The van der Waals surface area contributed by atoms with Crippen molar-refractivity contribution in [2.75, 3.05) is 34.7 Å². The topological polar surface area (TPSA) is 73.8 Å². The number of aliphatic imine (C=N–C) groups is 1. The van der Waals surface area contributed by atoms with Crippen molar-refractivity contribution < 1.29 is 22.8 Å². The maximum Gasteiger partial charge on any atom is 0.395 e. The van der Waals surface area contributed by atoms with Gasteiger partial charge in [0, 0.05) is 50.8 Å². The average molecular weight is 507 g/mol. The van der Waals surface area contributed by atoms with Crippen LogP contribution in [0.4, 0.5) is 13.2 Å². The molecule has 1 aromatic rings. The number of hydrogen-bond acceptors (Lipinski definition) is 4. The molecule has 0 heterocycles. The lowest BCUT2D eigenvalue weighted by Gasteiger charge is -2.30. The van der Waals surface area contributed by atoms with Gasteiger partial charge >= 0.3 is 6.18 Å². The number of rotatable bonds is 12. The molecule has 1 aromatic carbocycles. The van der Waals surface area contributed by atoms with Crippen LogP contribution in [0.25, 0.3) is 0 Å². The molecular formula is C27H37F3N4O2. The summed E-state index contributed by atoms with van der Waals surface area (Å²) in [6.45, 7) is 6.05. The second-order valence-electron chi connectivity index (χ2n) is 9.60. The fraction of sp³-hybridized carbons (Fsp3) is 0.519. The molecule has 2 amide bonds. The van der Waals surface area contributed by atoms with Crippen LogP contribution in [0, 0.1) is 18.3 Å². The molecule has 0 aliphatic heterocycles. The number of likely N-dealkylation sites (N-methyl/N-ethyl adjacent to an activating group) is 1. The Kier molecular flexibility index (Phi) is 10.0. The standard InChI is InChI=1S/C27H37F3N4O2/c1-18(8-7-13-31-3)23(26(11-12-26)27(28,29)30)16-24(35)33-17-22(34(5)6)15-20-9-10-21(14-19(20)2)25(36)32-4/h7-10,13-14,22-23H,1,11-12,15-17H2,2-6H3,(H,32,36)(H,33,35)/b8-7-,31-13-/t22-,23-/m0/s1. The molecule has 1 aliphatic rings. The number of benzene rings is 1. The summed E-state index contributed by atoms with van der Waals surface area (Å²) in [6, 6.07) is 5.38. The van der Waals surface area contributed by atoms with Crippen LogP contribution in [-0.2, 0) is 11.2 Å². The van der Waals surface area contributed by atoms with Gasteiger partial charge in [0.25, 0.3) is 5.91 Å². The predicted molar refractivity (Wildman–Crippen MR) is 137 cm³/mol. The van der Waals surface area contributed by atoms with Gasteiger partial charge in [0.15, 0.2) is 0 Å². The van der Waals surface area contributed by atoms with Crippen LogP contribution in [0.3, 0.4) is 0 Å². The quantitative estimate of drug-likeness (QED) is 0.331. The molecule has 0 spiro atoms. The molecular weight excluding hydrogens is 469 g/mol. The highest BCUT2D eigenvalue weighted by Gasteiger charge is 2.67. The summed E-state index contributed by atoms with van der Waals surface area (Å²) in [5, 5.41) is 5.44. The minimum absolute atomic E-state index is 0.00514. The van der Waals surface area contributed by atoms with E-state index in [2.05, 4.69) is 22.2 Å². The Bertz CT molecular complexity index is 1010. The largest absolute Gasteiger partial charge is 0.395 e. The van der Waals surface area contributed by atoms with E-state index in [-0.39, 0.29) is 43.3 Å². The predicted octanol–water partition coefficient (Wildman–Crippen LogP) is 4.11. The Morgan fingerprint density at radius 1 is 1.28 bits per heavy atom. The summed E-state index contributed by atoms with van der Waals surface area (Å²) < 4.78 is 41.7. The van der Waals surface area contributed by atoms with Crippen LogP contribution in [0.1, 0.15) is 40.7 Å². The molecule has 0 saturated heterocycles. The second kappa shape index (κ2) is 12.3. The van der Waals surface area contributed by atoms with Crippen LogP contribution < -0.4 is 10.6 Å². The third-order valence-electron chi connectivity index (χ3n) is 6.96. The molecule has 0 aromatic heterocycles. The molecule has 198 valence electrons. The molecule has 2 rings (SSSR count). The van der Waals surface area contributed by atoms with E-state index in [1.807, 2.05) is 38.1 Å². The van der Waals surface area contributed by atoms with E-state index in [0.29, 0.717) is 12.0 Å². The normalized spacial score (nSPS) is 16.8. The summed E-state index contributed by atoms with van der Waals surface area (Å²) >= 11 is 0. The van der Waals surface area contributed by atoms with E-state index in [9.17, 15) is 22.8 Å². The van der Waals surface area contributed by atoms with Gasteiger partial charge in [0.2, 0.25) is 5.91 Å². The Hall–Kier alpha value is -2.94. The highest BCUT2D eigenvalue weighted by atomic mass is 19.4. The van der Waals surface area contributed by atoms with Gasteiger partial charge in [0.05, 0.1) is 5.41 Å². The highest BCUT2D eigenvalue weighted by molar-refractivity contribution is 5.94. The minimum Gasteiger partial charge on any atom is -0.355 e. The van der Waals surface area contributed by atoms with Gasteiger partial charge in [-0.05, 0) is 69.6 Å². The van der Waals surface area contributed by atoms with Crippen LogP contribution in [0.15, 0.2) is 47.5 Å². The smallest absolute Gasteiger partial charge is 0.355 e. The number of carbonyl (C=O) groups excluding carboxylic acids is 2. The van der Waals surface area contributed by atoms with Crippen molar-refractivity contribution in [1.29, 1.82) is 0 Å². The van der Waals surface area contributed by atoms with Crippen LogP contribution >= 0.6 is 0 Å². The maximum absolute atomic E-state index is 13.9. The Balaban J connectivity index is 2.10. The number of nitrogens with zero attached hydrogens (tertiary/aromatic N) is 2. The van der Waals surface area contributed by atoms with Gasteiger partial charge in [-0.1, -0.05) is 24.3 Å². The fourth-order valence-corrected chi connectivity index (χ4v) is 4.41. The molecule has 9 heteroatoms. The van der Waals surface area contributed by atoms with Crippen molar-refractivity contribution >= 4 is 18.0 Å². The number of carbonyl (C=O) groups is 2. The highest BCUT2D eigenvalue weighted by Crippen LogP contribution is 2.64. The Morgan fingerprint density at radius 2 is 1.94 bits per heavy atom. The maximum atomic E-state index is 13.9. The molecule has 1 fully saturated rings. The number of nitrogens with one attached hydrogen (secondary N) is 2. The van der Waals surface area contributed by atoms with Crippen molar-refractivity contribution in [3.05, 3.63) is 59.2 Å². The molecule has 2 N–H and O–H groups in total. The van der Waals surface area contributed by atoms with E-state index in [1.54, 1.807) is 26.2 Å². The number of allylic oxidation sites excluding steroid dienone is 3. The third kappa shape index (κ3) is 7.29. The zero-order valence-corrected chi connectivity index (χ0v) is 21.7. The number of alkyl halides is 3.